The summed E-state index contributed by atoms with van der Waals surface area (Å²) in [4.78, 5) is 13.2. The molecule has 0 N–H and O–H groups in total. The fourth-order valence-corrected chi connectivity index (χ4v) is 2.25. The topological polar surface area (TPSA) is 20.3 Å². The summed E-state index contributed by atoms with van der Waals surface area (Å²) in [6.07, 6.45) is 0.352. The van der Waals surface area contributed by atoms with Gasteiger partial charge in [-0.2, -0.15) is 0 Å². The van der Waals surface area contributed by atoms with Crippen LogP contribution < -0.4 is 4.90 Å². The second-order valence-corrected chi connectivity index (χ2v) is 4.86. The van der Waals surface area contributed by atoms with Crippen LogP contribution in [0.15, 0.2) is 18.2 Å². The van der Waals surface area contributed by atoms with Crippen LogP contribution in [0.25, 0.3) is 0 Å². The van der Waals surface area contributed by atoms with Gasteiger partial charge < -0.3 is 4.90 Å². The number of carbonyl (C=O) groups is 1. The van der Waals surface area contributed by atoms with Crippen molar-refractivity contribution in [2.24, 2.45) is 0 Å². The third-order valence-corrected chi connectivity index (χ3v) is 3.12. The highest BCUT2D eigenvalue weighted by Gasteiger charge is 2.30. The lowest BCUT2D eigenvalue weighted by atomic mass is 10.3. The zero-order valence-corrected chi connectivity index (χ0v) is 9.98. The van der Waals surface area contributed by atoms with E-state index in [9.17, 15) is 4.79 Å². The zero-order valence-electron chi connectivity index (χ0n) is 7.71. The Bertz CT molecular complexity index is 408. The van der Waals surface area contributed by atoms with Crippen molar-refractivity contribution in [3.05, 3.63) is 28.2 Å². The second kappa shape index (κ2) is 4.20. The van der Waals surface area contributed by atoms with Crippen molar-refractivity contribution >= 4 is 46.4 Å². The van der Waals surface area contributed by atoms with E-state index in [1.54, 1.807) is 23.1 Å². The molecule has 1 aromatic rings. The van der Waals surface area contributed by atoms with E-state index in [1.807, 2.05) is 0 Å². The molecular formula is C10H8Cl3NO. The van der Waals surface area contributed by atoms with E-state index in [2.05, 4.69) is 0 Å². The maximum absolute atomic E-state index is 11.6. The molecule has 1 aliphatic rings. The van der Waals surface area contributed by atoms with Crippen LogP contribution >= 0.6 is 34.8 Å². The predicted octanol–water partition coefficient (Wildman–Crippen LogP) is 3.34. The standard InChI is InChI=1S/C10H8Cl3NO/c11-6-1-2-8(13)9(3-6)14-5-7(12)4-10(14)15/h1-3,7H,4-5H2. The van der Waals surface area contributed by atoms with Crippen LogP contribution in [0.4, 0.5) is 5.69 Å². The number of nitrogens with zero attached hydrogens (tertiary/aromatic N) is 1. The molecule has 1 amide bonds. The van der Waals surface area contributed by atoms with Gasteiger partial charge in [0, 0.05) is 18.0 Å². The highest BCUT2D eigenvalue weighted by atomic mass is 35.5. The molecule has 5 heteroatoms. The van der Waals surface area contributed by atoms with Crippen LogP contribution in [-0.2, 0) is 4.79 Å². The van der Waals surface area contributed by atoms with E-state index in [4.69, 9.17) is 34.8 Å². The highest BCUT2D eigenvalue weighted by Crippen LogP contribution is 2.32. The van der Waals surface area contributed by atoms with Gasteiger partial charge in [0.05, 0.1) is 16.1 Å². The Labute approximate surface area is 103 Å². The number of amides is 1. The fourth-order valence-electron chi connectivity index (χ4n) is 1.59. The summed E-state index contributed by atoms with van der Waals surface area (Å²) in [5.74, 6) is -0.0147. The molecule has 0 radical (unpaired) electrons. The molecule has 0 bridgehead atoms. The molecule has 2 nitrogen and oxygen atoms in total. The lowest BCUT2D eigenvalue weighted by molar-refractivity contribution is -0.117. The third-order valence-electron chi connectivity index (χ3n) is 2.28. The van der Waals surface area contributed by atoms with Crippen LogP contribution in [0.2, 0.25) is 10.0 Å². The quantitative estimate of drug-likeness (QED) is 0.713. The molecule has 0 spiro atoms. The van der Waals surface area contributed by atoms with Gasteiger partial charge in [0.1, 0.15) is 0 Å². The third kappa shape index (κ3) is 2.22. The molecule has 1 aliphatic heterocycles. The molecule has 1 fully saturated rings. The van der Waals surface area contributed by atoms with Gasteiger partial charge in [-0.1, -0.05) is 23.2 Å². The Morgan fingerprint density at radius 2 is 2.07 bits per heavy atom. The van der Waals surface area contributed by atoms with Crippen molar-refractivity contribution in [3.63, 3.8) is 0 Å². The van der Waals surface area contributed by atoms with Crippen molar-refractivity contribution < 1.29 is 4.79 Å². The molecule has 0 aromatic heterocycles. The largest absolute Gasteiger partial charge is 0.309 e. The van der Waals surface area contributed by atoms with Gasteiger partial charge in [-0.3, -0.25) is 4.79 Å². The molecule has 80 valence electrons. The first-order valence-corrected chi connectivity index (χ1v) is 5.66. The van der Waals surface area contributed by atoms with E-state index in [-0.39, 0.29) is 11.3 Å². The van der Waals surface area contributed by atoms with Crippen molar-refractivity contribution in [3.8, 4) is 0 Å². The Morgan fingerprint density at radius 1 is 1.33 bits per heavy atom. The number of alkyl halides is 1. The van der Waals surface area contributed by atoms with Crippen LogP contribution in [0, 0.1) is 0 Å². The molecule has 15 heavy (non-hydrogen) atoms. The minimum atomic E-state index is -0.146. The van der Waals surface area contributed by atoms with Crippen LogP contribution in [0.3, 0.4) is 0 Å². The Balaban J connectivity index is 2.37. The van der Waals surface area contributed by atoms with E-state index >= 15 is 0 Å². The number of benzene rings is 1. The molecule has 1 atom stereocenters. The number of rotatable bonds is 1. The van der Waals surface area contributed by atoms with Gasteiger partial charge in [-0.15, -0.1) is 11.6 Å². The van der Waals surface area contributed by atoms with Crippen LogP contribution in [0.1, 0.15) is 6.42 Å². The average molecular weight is 265 g/mol. The normalized spacial score (nSPS) is 21.1. The molecule has 1 unspecified atom stereocenters. The number of anilines is 1. The Hall–Kier alpha value is -0.440. The van der Waals surface area contributed by atoms with E-state index < -0.39 is 0 Å². The first kappa shape index (κ1) is 11.1. The molecule has 1 saturated heterocycles. The smallest absolute Gasteiger partial charge is 0.228 e. The van der Waals surface area contributed by atoms with Crippen LogP contribution in [0.5, 0.6) is 0 Å². The maximum atomic E-state index is 11.6. The van der Waals surface area contributed by atoms with Crippen molar-refractivity contribution in [1.29, 1.82) is 0 Å². The number of halogens is 3. The van der Waals surface area contributed by atoms with Gasteiger partial charge in [0.25, 0.3) is 0 Å². The molecule has 2 rings (SSSR count). The lowest BCUT2D eigenvalue weighted by Gasteiger charge is -2.17. The van der Waals surface area contributed by atoms with Crippen molar-refractivity contribution in [2.75, 3.05) is 11.4 Å². The van der Waals surface area contributed by atoms with Gasteiger partial charge in [-0.05, 0) is 18.2 Å². The second-order valence-electron chi connectivity index (χ2n) is 3.40. The van der Waals surface area contributed by atoms with E-state index in [0.717, 1.165) is 0 Å². The summed E-state index contributed by atoms with van der Waals surface area (Å²) in [6.45, 7) is 0.487. The summed E-state index contributed by atoms with van der Waals surface area (Å²) in [7, 11) is 0. The molecule has 0 aliphatic carbocycles. The minimum Gasteiger partial charge on any atom is -0.309 e. The van der Waals surface area contributed by atoms with E-state index in [0.29, 0.717) is 28.7 Å². The van der Waals surface area contributed by atoms with Gasteiger partial charge in [0.2, 0.25) is 5.91 Å². The molecule has 0 saturated carbocycles. The predicted molar refractivity (Wildman–Crippen MR) is 63.1 cm³/mol. The summed E-state index contributed by atoms with van der Waals surface area (Å²) >= 11 is 17.7. The molecule has 1 aromatic carbocycles. The van der Waals surface area contributed by atoms with Gasteiger partial charge in [-0.25, -0.2) is 0 Å². The molecule has 1 heterocycles. The van der Waals surface area contributed by atoms with Crippen molar-refractivity contribution in [2.45, 2.75) is 11.8 Å². The minimum absolute atomic E-state index is 0.0147. The maximum Gasteiger partial charge on any atom is 0.228 e. The highest BCUT2D eigenvalue weighted by molar-refractivity contribution is 6.36. The van der Waals surface area contributed by atoms with E-state index in [1.165, 1.54) is 0 Å². The number of hydrogen-bond acceptors (Lipinski definition) is 1. The fraction of sp³-hybridized carbons (Fsp3) is 0.300. The number of carbonyl (C=O) groups excluding carboxylic acids is 1. The number of hydrogen-bond donors (Lipinski definition) is 0. The summed E-state index contributed by atoms with van der Waals surface area (Å²) in [5.41, 5.74) is 0.636. The first-order valence-electron chi connectivity index (χ1n) is 4.47. The molecular weight excluding hydrogens is 256 g/mol. The SMILES string of the molecule is O=C1CC(Cl)CN1c1cc(Cl)ccc1Cl. The first-order chi connectivity index (χ1) is 7.08. The van der Waals surface area contributed by atoms with Gasteiger partial charge >= 0.3 is 0 Å². The van der Waals surface area contributed by atoms with Crippen LogP contribution in [-0.4, -0.2) is 17.8 Å². The average Bonchev–Trinajstić information content (AvgIpc) is 2.50. The lowest BCUT2D eigenvalue weighted by Crippen LogP contribution is -2.24. The monoisotopic (exact) mass is 263 g/mol. The zero-order chi connectivity index (χ0) is 11.0. The van der Waals surface area contributed by atoms with Crippen molar-refractivity contribution in [1.82, 2.24) is 0 Å². The Morgan fingerprint density at radius 3 is 2.67 bits per heavy atom. The summed E-state index contributed by atoms with van der Waals surface area (Å²) in [5, 5.41) is 0.922. The summed E-state index contributed by atoms with van der Waals surface area (Å²) in [6, 6.07) is 5.04. The summed E-state index contributed by atoms with van der Waals surface area (Å²) < 4.78 is 0. The van der Waals surface area contributed by atoms with Gasteiger partial charge in [0.15, 0.2) is 0 Å². The Kier molecular flexibility index (Phi) is 3.10.